The van der Waals surface area contributed by atoms with Crippen LogP contribution in [0.15, 0.2) is 0 Å². The van der Waals surface area contributed by atoms with Gasteiger partial charge in [0.25, 0.3) is 0 Å². The van der Waals surface area contributed by atoms with Gasteiger partial charge < -0.3 is 9.47 Å². The van der Waals surface area contributed by atoms with Crippen LogP contribution in [0.5, 0.6) is 0 Å². The second-order valence-corrected chi connectivity index (χ2v) is 3.34. The van der Waals surface area contributed by atoms with E-state index in [9.17, 15) is 0 Å². The lowest BCUT2D eigenvalue weighted by atomic mass is 10.1. The summed E-state index contributed by atoms with van der Waals surface area (Å²) in [7, 11) is 0. The van der Waals surface area contributed by atoms with Gasteiger partial charge in [-0.2, -0.15) is 0 Å². The topological polar surface area (TPSA) is 18.5 Å². The normalized spacial score (nSPS) is 30.2. The second-order valence-electron chi connectivity index (χ2n) is 3.34. The molecule has 1 aliphatic heterocycles. The van der Waals surface area contributed by atoms with Crippen LogP contribution in [0.4, 0.5) is 0 Å². The van der Waals surface area contributed by atoms with Crippen LogP contribution in [0.25, 0.3) is 0 Å². The Bertz CT molecular complexity index is 169. The van der Waals surface area contributed by atoms with E-state index in [4.69, 9.17) is 15.9 Å². The van der Waals surface area contributed by atoms with E-state index in [-0.39, 0.29) is 18.5 Å². The van der Waals surface area contributed by atoms with Gasteiger partial charge in [0.2, 0.25) is 0 Å². The molecule has 1 aliphatic rings. The number of terminal acetylenes is 1. The SMILES string of the molecule is C#C[C@H]1CCC[C@H](OC(C)C)O1. The lowest BCUT2D eigenvalue weighted by Gasteiger charge is -2.28. The summed E-state index contributed by atoms with van der Waals surface area (Å²) >= 11 is 0. The molecule has 0 aromatic carbocycles. The summed E-state index contributed by atoms with van der Waals surface area (Å²) < 4.78 is 11.0. The maximum Gasteiger partial charge on any atom is 0.159 e. The van der Waals surface area contributed by atoms with E-state index in [1.807, 2.05) is 13.8 Å². The van der Waals surface area contributed by atoms with Crippen molar-refractivity contribution in [2.45, 2.75) is 51.6 Å². The lowest BCUT2D eigenvalue weighted by Crippen LogP contribution is -2.30. The number of rotatable bonds is 2. The van der Waals surface area contributed by atoms with Crippen molar-refractivity contribution in [2.24, 2.45) is 0 Å². The Balaban J connectivity index is 2.32. The van der Waals surface area contributed by atoms with Crippen molar-refractivity contribution in [3.63, 3.8) is 0 Å². The number of hydrogen-bond acceptors (Lipinski definition) is 2. The Kier molecular flexibility index (Phi) is 3.58. The van der Waals surface area contributed by atoms with E-state index >= 15 is 0 Å². The van der Waals surface area contributed by atoms with Gasteiger partial charge in [0.1, 0.15) is 6.10 Å². The predicted octanol–water partition coefficient (Wildman–Crippen LogP) is 1.94. The van der Waals surface area contributed by atoms with Crippen molar-refractivity contribution in [1.29, 1.82) is 0 Å². The molecule has 1 fully saturated rings. The van der Waals surface area contributed by atoms with Crippen molar-refractivity contribution in [3.05, 3.63) is 0 Å². The average Bonchev–Trinajstić information content (AvgIpc) is 2.03. The fourth-order valence-corrected chi connectivity index (χ4v) is 1.32. The smallest absolute Gasteiger partial charge is 0.159 e. The third-order valence-corrected chi connectivity index (χ3v) is 1.83. The van der Waals surface area contributed by atoms with Crippen LogP contribution in [0.1, 0.15) is 33.1 Å². The Morgan fingerprint density at radius 2 is 2.25 bits per heavy atom. The fourth-order valence-electron chi connectivity index (χ4n) is 1.32. The second kappa shape index (κ2) is 4.49. The molecule has 0 aromatic rings. The van der Waals surface area contributed by atoms with Crippen molar-refractivity contribution in [3.8, 4) is 12.3 Å². The highest BCUT2D eigenvalue weighted by Gasteiger charge is 2.21. The van der Waals surface area contributed by atoms with Crippen molar-refractivity contribution in [1.82, 2.24) is 0 Å². The summed E-state index contributed by atoms with van der Waals surface area (Å²) in [5, 5.41) is 0. The minimum Gasteiger partial charge on any atom is -0.350 e. The van der Waals surface area contributed by atoms with Crippen LogP contribution >= 0.6 is 0 Å². The molecule has 1 rings (SSSR count). The van der Waals surface area contributed by atoms with Gasteiger partial charge in [0, 0.05) is 0 Å². The molecule has 0 saturated carbocycles. The van der Waals surface area contributed by atoms with Gasteiger partial charge in [-0.15, -0.1) is 6.42 Å². The minimum atomic E-state index is -0.0835. The third kappa shape index (κ3) is 2.84. The zero-order valence-corrected chi connectivity index (χ0v) is 7.75. The molecular weight excluding hydrogens is 152 g/mol. The summed E-state index contributed by atoms with van der Waals surface area (Å²) in [5.41, 5.74) is 0. The summed E-state index contributed by atoms with van der Waals surface area (Å²) in [6.45, 7) is 4.01. The Labute approximate surface area is 74.2 Å². The Morgan fingerprint density at radius 3 is 2.83 bits per heavy atom. The summed E-state index contributed by atoms with van der Waals surface area (Å²) in [5.74, 6) is 2.60. The first-order chi connectivity index (χ1) is 5.72. The van der Waals surface area contributed by atoms with E-state index in [0.29, 0.717) is 0 Å². The number of ether oxygens (including phenoxy) is 2. The molecule has 0 amide bonds. The first-order valence-electron chi connectivity index (χ1n) is 4.49. The maximum absolute atomic E-state index is 5.51. The molecule has 2 nitrogen and oxygen atoms in total. The average molecular weight is 168 g/mol. The van der Waals surface area contributed by atoms with Crippen LogP contribution < -0.4 is 0 Å². The molecule has 0 radical (unpaired) electrons. The highest BCUT2D eigenvalue weighted by atomic mass is 16.7. The molecule has 1 heterocycles. The van der Waals surface area contributed by atoms with Crippen molar-refractivity contribution < 1.29 is 9.47 Å². The summed E-state index contributed by atoms with van der Waals surface area (Å²) in [6, 6.07) is 0. The van der Waals surface area contributed by atoms with Gasteiger partial charge in [0.15, 0.2) is 6.29 Å². The summed E-state index contributed by atoms with van der Waals surface area (Å²) in [6.07, 6.45) is 8.40. The predicted molar refractivity (Wildman–Crippen MR) is 47.6 cm³/mol. The van der Waals surface area contributed by atoms with Gasteiger partial charge in [-0.1, -0.05) is 5.92 Å². The first kappa shape index (κ1) is 9.57. The van der Waals surface area contributed by atoms with Gasteiger partial charge >= 0.3 is 0 Å². The largest absolute Gasteiger partial charge is 0.350 e. The standard InChI is InChI=1S/C10H16O2/c1-4-9-6-5-7-10(12-9)11-8(2)3/h1,8-10H,5-7H2,2-3H3/t9-,10+/m0/s1. The first-order valence-corrected chi connectivity index (χ1v) is 4.49. The van der Waals surface area contributed by atoms with Crippen molar-refractivity contribution >= 4 is 0 Å². The third-order valence-electron chi connectivity index (χ3n) is 1.83. The van der Waals surface area contributed by atoms with Crippen molar-refractivity contribution in [2.75, 3.05) is 0 Å². The van der Waals surface area contributed by atoms with Crippen LogP contribution in [0.2, 0.25) is 0 Å². The molecule has 0 bridgehead atoms. The van der Waals surface area contributed by atoms with E-state index in [2.05, 4.69) is 5.92 Å². The van der Waals surface area contributed by atoms with E-state index in [1.165, 1.54) is 0 Å². The van der Waals surface area contributed by atoms with E-state index < -0.39 is 0 Å². The van der Waals surface area contributed by atoms with E-state index in [0.717, 1.165) is 19.3 Å². The molecule has 1 saturated heterocycles. The Hall–Kier alpha value is -0.520. The highest BCUT2D eigenvalue weighted by molar-refractivity contribution is 4.95. The maximum atomic E-state index is 5.51. The van der Waals surface area contributed by atoms with Crippen LogP contribution in [0, 0.1) is 12.3 Å². The molecule has 0 spiro atoms. The van der Waals surface area contributed by atoms with Gasteiger partial charge in [-0.25, -0.2) is 0 Å². The Morgan fingerprint density at radius 1 is 1.50 bits per heavy atom. The molecule has 2 heteroatoms. The van der Waals surface area contributed by atoms with Crippen LogP contribution in [0.3, 0.4) is 0 Å². The molecule has 0 aromatic heterocycles. The van der Waals surface area contributed by atoms with Gasteiger partial charge in [0.05, 0.1) is 6.10 Å². The zero-order valence-electron chi connectivity index (χ0n) is 7.75. The van der Waals surface area contributed by atoms with E-state index in [1.54, 1.807) is 0 Å². The summed E-state index contributed by atoms with van der Waals surface area (Å²) in [4.78, 5) is 0. The fraction of sp³-hybridized carbons (Fsp3) is 0.800. The molecule has 0 unspecified atom stereocenters. The number of hydrogen-bond donors (Lipinski definition) is 0. The molecule has 68 valence electrons. The molecule has 0 N–H and O–H groups in total. The van der Waals surface area contributed by atoms with Gasteiger partial charge in [-0.3, -0.25) is 0 Å². The quantitative estimate of drug-likeness (QED) is 0.587. The van der Waals surface area contributed by atoms with Gasteiger partial charge in [-0.05, 0) is 33.1 Å². The molecular formula is C10H16O2. The molecule has 0 aliphatic carbocycles. The molecule has 2 atom stereocenters. The highest BCUT2D eigenvalue weighted by Crippen LogP contribution is 2.20. The minimum absolute atomic E-state index is 0.0394. The van der Waals surface area contributed by atoms with Crippen LogP contribution in [-0.2, 0) is 9.47 Å². The lowest BCUT2D eigenvalue weighted by molar-refractivity contribution is -0.196. The van der Waals surface area contributed by atoms with Crippen LogP contribution in [-0.4, -0.2) is 18.5 Å². The monoisotopic (exact) mass is 168 g/mol. The zero-order chi connectivity index (χ0) is 8.97. The molecule has 12 heavy (non-hydrogen) atoms.